The second-order valence-electron chi connectivity index (χ2n) is 8.22. The van der Waals surface area contributed by atoms with Gasteiger partial charge in [0.2, 0.25) is 0 Å². The molecule has 0 heterocycles. The van der Waals surface area contributed by atoms with E-state index in [9.17, 15) is 4.79 Å². The number of ketones is 1. The average Bonchev–Trinajstić information content (AvgIpc) is 2.94. The number of alkyl halides is 2. The van der Waals surface area contributed by atoms with Gasteiger partial charge in [-0.15, -0.1) is 0 Å². The molecule has 2 fully saturated rings. The molecule has 2 saturated carbocycles. The lowest BCUT2D eigenvalue weighted by atomic mass is 9.55. The van der Waals surface area contributed by atoms with Gasteiger partial charge in [-0.2, -0.15) is 0 Å². The van der Waals surface area contributed by atoms with E-state index in [0.717, 1.165) is 48.5 Å². The van der Waals surface area contributed by atoms with E-state index >= 15 is 0 Å². The van der Waals surface area contributed by atoms with Crippen LogP contribution >= 0.6 is 31.9 Å². The molecule has 1 aromatic carbocycles. The first kappa shape index (κ1) is 18.0. The molecule has 0 amide bonds. The minimum absolute atomic E-state index is 0.0400. The zero-order valence-electron chi connectivity index (χ0n) is 15.0. The summed E-state index contributed by atoms with van der Waals surface area (Å²) in [4.78, 5) is 12.5. The summed E-state index contributed by atoms with van der Waals surface area (Å²) >= 11 is 7.35. The number of methoxy groups -OCH3 is 1. The van der Waals surface area contributed by atoms with Crippen molar-refractivity contribution in [2.24, 2.45) is 17.3 Å². The van der Waals surface area contributed by atoms with E-state index in [1.165, 1.54) is 23.1 Å². The minimum atomic E-state index is -0.0400. The Labute approximate surface area is 167 Å². The first-order valence-corrected chi connectivity index (χ1v) is 11.7. The van der Waals surface area contributed by atoms with Crippen LogP contribution in [0.15, 0.2) is 6.07 Å². The summed E-state index contributed by atoms with van der Waals surface area (Å²) in [5, 5.41) is 1.66. The molecule has 0 aliphatic heterocycles. The largest absolute Gasteiger partial charge is 0.496 e. The third-order valence-corrected chi connectivity index (χ3v) is 8.53. The predicted molar refractivity (Wildman–Crippen MR) is 108 cm³/mol. The van der Waals surface area contributed by atoms with Crippen LogP contribution in [0.2, 0.25) is 0 Å². The Balaban J connectivity index is 1.79. The second kappa shape index (κ2) is 6.67. The first-order chi connectivity index (χ1) is 12.0. The first-order valence-electron chi connectivity index (χ1n) is 9.41. The number of ether oxygens (including phenoxy) is 1. The van der Waals surface area contributed by atoms with Crippen LogP contribution < -0.4 is 4.74 Å². The van der Waals surface area contributed by atoms with Gasteiger partial charge in [0.05, 0.1) is 7.11 Å². The highest BCUT2D eigenvalue weighted by molar-refractivity contribution is 9.08. The van der Waals surface area contributed by atoms with Crippen LogP contribution in [-0.4, -0.2) is 12.9 Å². The van der Waals surface area contributed by atoms with E-state index in [0.29, 0.717) is 23.5 Å². The van der Waals surface area contributed by atoms with Crippen molar-refractivity contribution < 1.29 is 9.53 Å². The second-order valence-corrected chi connectivity index (χ2v) is 9.34. The molecule has 0 spiro atoms. The Kier molecular flexibility index (Phi) is 4.81. The predicted octanol–water partition coefficient (Wildman–Crippen LogP) is 5.91. The van der Waals surface area contributed by atoms with Crippen LogP contribution in [0.4, 0.5) is 0 Å². The van der Waals surface area contributed by atoms with Crippen molar-refractivity contribution in [3.63, 3.8) is 0 Å². The number of carbonyl (C=O) groups excluding carboxylic acids is 1. The molecule has 0 saturated heterocycles. The number of hydrogen-bond acceptors (Lipinski definition) is 2. The number of fused-ring (bicyclic) bond motifs is 5. The molecule has 136 valence electrons. The molecule has 3 aliphatic rings. The van der Waals surface area contributed by atoms with Crippen LogP contribution in [0, 0.1) is 17.3 Å². The molecule has 0 N–H and O–H groups in total. The normalized spacial score (nSPS) is 33.6. The summed E-state index contributed by atoms with van der Waals surface area (Å²) in [6.45, 7) is 2.25. The van der Waals surface area contributed by atoms with E-state index in [-0.39, 0.29) is 5.41 Å². The molecular weight excluding hydrogens is 444 g/mol. The zero-order chi connectivity index (χ0) is 17.8. The molecule has 3 aliphatic carbocycles. The fraction of sp³-hybridized carbons (Fsp3) is 0.667. The number of carbonyl (C=O) groups is 1. The van der Waals surface area contributed by atoms with Crippen molar-refractivity contribution >= 4 is 37.6 Å². The Hall–Kier alpha value is -0.350. The number of hydrogen-bond donors (Lipinski definition) is 0. The lowest BCUT2D eigenvalue weighted by Gasteiger charge is -2.48. The number of halogens is 2. The van der Waals surface area contributed by atoms with Gasteiger partial charge in [0.1, 0.15) is 11.5 Å². The molecule has 4 unspecified atom stereocenters. The monoisotopic (exact) mass is 468 g/mol. The van der Waals surface area contributed by atoms with Gasteiger partial charge in [-0.1, -0.05) is 44.8 Å². The van der Waals surface area contributed by atoms with Crippen LogP contribution in [0.5, 0.6) is 5.75 Å². The van der Waals surface area contributed by atoms with Crippen molar-refractivity contribution in [1.29, 1.82) is 0 Å². The SMILES string of the molecule is COc1c(CBr)cc2c(c1CBr)CCC1C2CCC2(C)C(=O)CCC12. The summed E-state index contributed by atoms with van der Waals surface area (Å²) in [5.41, 5.74) is 5.60. The highest BCUT2D eigenvalue weighted by Crippen LogP contribution is 2.60. The Morgan fingerprint density at radius 2 is 2.00 bits per heavy atom. The third kappa shape index (κ3) is 2.57. The molecule has 0 bridgehead atoms. The van der Waals surface area contributed by atoms with Gasteiger partial charge in [0.15, 0.2) is 0 Å². The highest BCUT2D eigenvalue weighted by Gasteiger charge is 2.54. The van der Waals surface area contributed by atoms with E-state index in [4.69, 9.17) is 4.74 Å². The van der Waals surface area contributed by atoms with E-state index in [2.05, 4.69) is 44.8 Å². The quantitative estimate of drug-likeness (QED) is 0.514. The maximum atomic E-state index is 12.5. The summed E-state index contributed by atoms with van der Waals surface area (Å²) in [7, 11) is 1.78. The van der Waals surface area contributed by atoms with Crippen LogP contribution in [0.25, 0.3) is 0 Å². The molecule has 2 nitrogen and oxygen atoms in total. The number of Topliss-reactive ketones (excluding diaryl/α,β-unsaturated/α-hetero) is 1. The minimum Gasteiger partial charge on any atom is -0.496 e. The average molecular weight is 470 g/mol. The van der Waals surface area contributed by atoms with Gasteiger partial charge < -0.3 is 4.74 Å². The van der Waals surface area contributed by atoms with Crippen molar-refractivity contribution in [2.45, 2.75) is 62.0 Å². The number of rotatable bonds is 3. The van der Waals surface area contributed by atoms with Crippen molar-refractivity contribution in [1.82, 2.24) is 0 Å². The standard InChI is InChI=1S/C21H26Br2O2/c1-21-8-7-14-15(18(21)5-6-19(21)24)4-3-13-16(14)9-12(10-22)20(25-2)17(13)11-23/h9,14-15,18H,3-8,10-11H2,1-2H3. The van der Waals surface area contributed by atoms with Crippen molar-refractivity contribution in [2.75, 3.05) is 7.11 Å². The maximum Gasteiger partial charge on any atom is 0.139 e. The lowest BCUT2D eigenvalue weighted by Crippen LogP contribution is -2.42. The Morgan fingerprint density at radius 3 is 2.68 bits per heavy atom. The van der Waals surface area contributed by atoms with Gasteiger partial charge in [0.25, 0.3) is 0 Å². The molecular formula is C21H26Br2O2. The van der Waals surface area contributed by atoms with Crippen LogP contribution in [-0.2, 0) is 21.9 Å². The third-order valence-electron chi connectivity index (χ3n) is 7.36. The number of benzene rings is 1. The molecule has 1 aromatic rings. The summed E-state index contributed by atoms with van der Waals surface area (Å²) in [6.07, 6.45) is 6.49. The van der Waals surface area contributed by atoms with Crippen molar-refractivity contribution in [3.8, 4) is 5.75 Å². The Morgan fingerprint density at radius 1 is 1.20 bits per heavy atom. The van der Waals surface area contributed by atoms with Gasteiger partial charge in [-0.3, -0.25) is 4.79 Å². The van der Waals surface area contributed by atoms with Crippen LogP contribution in [0.1, 0.15) is 67.2 Å². The smallest absolute Gasteiger partial charge is 0.139 e. The Bertz CT molecular complexity index is 714. The highest BCUT2D eigenvalue weighted by atomic mass is 79.9. The van der Waals surface area contributed by atoms with E-state index in [1.54, 1.807) is 12.7 Å². The fourth-order valence-electron chi connectivity index (χ4n) is 6.12. The van der Waals surface area contributed by atoms with Gasteiger partial charge >= 0.3 is 0 Å². The maximum absolute atomic E-state index is 12.5. The molecule has 25 heavy (non-hydrogen) atoms. The summed E-state index contributed by atoms with van der Waals surface area (Å²) < 4.78 is 5.76. The molecule has 4 heteroatoms. The zero-order valence-corrected chi connectivity index (χ0v) is 18.2. The van der Waals surface area contributed by atoms with E-state index < -0.39 is 0 Å². The molecule has 0 aromatic heterocycles. The lowest BCUT2D eigenvalue weighted by molar-refractivity contribution is -0.129. The fourth-order valence-corrected chi connectivity index (χ4v) is 7.13. The van der Waals surface area contributed by atoms with Crippen molar-refractivity contribution in [3.05, 3.63) is 28.3 Å². The topological polar surface area (TPSA) is 26.3 Å². The van der Waals surface area contributed by atoms with Gasteiger partial charge in [0, 0.05) is 33.6 Å². The van der Waals surface area contributed by atoms with Crippen LogP contribution in [0.3, 0.4) is 0 Å². The van der Waals surface area contributed by atoms with Gasteiger partial charge in [-0.05, 0) is 61.0 Å². The van der Waals surface area contributed by atoms with Gasteiger partial charge in [-0.25, -0.2) is 0 Å². The molecule has 4 atom stereocenters. The molecule has 0 radical (unpaired) electrons. The summed E-state index contributed by atoms with van der Waals surface area (Å²) in [6, 6.07) is 2.39. The van der Waals surface area contributed by atoms with E-state index in [1.807, 2.05) is 0 Å². The molecule has 4 rings (SSSR count). The summed E-state index contributed by atoms with van der Waals surface area (Å²) in [5.74, 6) is 3.46.